The van der Waals surface area contributed by atoms with Crippen molar-refractivity contribution in [2.75, 3.05) is 24.9 Å². The van der Waals surface area contributed by atoms with E-state index in [1.807, 2.05) is 13.0 Å². The summed E-state index contributed by atoms with van der Waals surface area (Å²) in [6.45, 7) is 1.85. The number of halogens is 1. The third-order valence-electron chi connectivity index (χ3n) is 4.71. The van der Waals surface area contributed by atoms with Gasteiger partial charge in [-0.1, -0.05) is 35.9 Å². The maximum atomic E-state index is 12.6. The molecule has 0 radical (unpaired) electrons. The second-order valence-corrected chi connectivity index (χ2v) is 7.73. The van der Waals surface area contributed by atoms with Gasteiger partial charge in [0.1, 0.15) is 11.5 Å². The minimum Gasteiger partial charge on any atom is -0.496 e. The van der Waals surface area contributed by atoms with Crippen LogP contribution in [-0.2, 0) is 0 Å². The molecule has 0 aromatic heterocycles. The normalized spacial score (nSPS) is 10.2. The number of benzene rings is 3. The summed E-state index contributed by atoms with van der Waals surface area (Å²) in [6.07, 6.45) is 0. The number of para-hydroxylation sites is 1. The molecule has 33 heavy (non-hydrogen) atoms. The fraction of sp³-hybridized carbons (Fsp3) is 0.125. The van der Waals surface area contributed by atoms with Gasteiger partial charge in [-0.2, -0.15) is 0 Å². The second kappa shape index (κ2) is 10.8. The van der Waals surface area contributed by atoms with E-state index < -0.39 is 5.91 Å². The maximum Gasteiger partial charge on any atom is 0.261 e. The third-order valence-corrected chi connectivity index (χ3v) is 5.25. The van der Waals surface area contributed by atoms with E-state index in [9.17, 15) is 9.59 Å². The first-order chi connectivity index (χ1) is 15.8. The van der Waals surface area contributed by atoms with Crippen LogP contribution in [0.4, 0.5) is 11.4 Å². The summed E-state index contributed by atoms with van der Waals surface area (Å²) in [4.78, 5) is 25.2. The minimum atomic E-state index is -0.399. The van der Waals surface area contributed by atoms with Crippen LogP contribution in [0.25, 0.3) is 0 Å². The number of hydrogen-bond acceptors (Lipinski definition) is 5. The van der Waals surface area contributed by atoms with Crippen molar-refractivity contribution >= 4 is 52.1 Å². The number of thiocarbonyl (C=S) groups is 1. The number of carbonyl (C=O) groups excluding carboxylic acids is 2. The van der Waals surface area contributed by atoms with Crippen LogP contribution in [0.2, 0.25) is 5.02 Å². The molecule has 9 heteroatoms. The molecule has 170 valence electrons. The van der Waals surface area contributed by atoms with E-state index in [1.54, 1.807) is 54.6 Å². The molecule has 2 amide bonds. The highest BCUT2D eigenvalue weighted by Gasteiger charge is 2.16. The largest absolute Gasteiger partial charge is 0.496 e. The predicted octanol–water partition coefficient (Wildman–Crippen LogP) is 5.04. The Balaban J connectivity index is 1.70. The SMILES string of the molecule is COc1cc(NC(=S)NC(=O)c2cccc(C)c2OC)ccc1NC(=O)c1ccccc1Cl. The molecule has 3 N–H and O–H groups in total. The van der Waals surface area contributed by atoms with E-state index in [0.29, 0.717) is 39.0 Å². The summed E-state index contributed by atoms with van der Waals surface area (Å²) in [6, 6.07) is 17.0. The lowest BCUT2D eigenvalue weighted by Gasteiger charge is -2.15. The van der Waals surface area contributed by atoms with E-state index in [0.717, 1.165) is 5.56 Å². The number of anilines is 2. The molecule has 3 rings (SSSR count). The van der Waals surface area contributed by atoms with Crippen molar-refractivity contribution in [2.45, 2.75) is 6.92 Å². The van der Waals surface area contributed by atoms with Crippen molar-refractivity contribution in [1.82, 2.24) is 5.32 Å². The van der Waals surface area contributed by atoms with Crippen LogP contribution in [0.3, 0.4) is 0 Å². The second-order valence-electron chi connectivity index (χ2n) is 6.91. The van der Waals surface area contributed by atoms with Gasteiger partial charge in [0.25, 0.3) is 11.8 Å². The summed E-state index contributed by atoms with van der Waals surface area (Å²) in [7, 11) is 2.99. The molecule has 0 aliphatic rings. The van der Waals surface area contributed by atoms with E-state index in [2.05, 4.69) is 16.0 Å². The number of hydrogen-bond donors (Lipinski definition) is 3. The van der Waals surface area contributed by atoms with Crippen LogP contribution in [0.5, 0.6) is 11.5 Å². The van der Waals surface area contributed by atoms with E-state index in [-0.39, 0.29) is 11.0 Å². The maximum absolute atomic E-state index is 12.6. The molecule has 3 aromatic carbocycles. The molecule has 0 bridgehead atoms. The van der Waals surface area contributed by atoms with Gasteiger partial charge in [0.2, 0.25) is 0 Å². The molecule has 0 saturated heterocycles. The topological polar surface area (TPSA) is 88.7 Å². The molecule has 0 aliphatic heterocycles. The average Bonchev–Trinajstić information content (AvgIpc) is 2.79. The zero-order chi connectivity index (χ0) is 24.0. The lowest BCUT2D eigenvalue weighted by molar-refractivity contribution is 0.0973. The van der Waals surface area contributed by atoms with Gasteiger partial charge < -0.3 is 20.1 Å². The van der Waals surface area contributed by atoms with Crippen LogP contribution < -0.4 is 25.4 Å². The highest BCUT2D eigenvalue weighted by atomic mass is 35.5. The molecule has 7 nitrogen and oxygen atoms in total. The number of methoxy groups -OCH3 is 2. The summed E-state index contributed by atoms with van der Waals surface area (Å²) in [5.74, 6) is 0.117. The van der Waals surface area contributed by atoms with Crippen LogP contribution in [-0.4, -0.2) is 31.1 Å². The standard InChI is InChI=1S/C24H22ClN3O4S/c1-14-7-6-9-17(21(14)32-3)23(30)28-24(33)26-15-11-12-19(20(13-15)31-2)27-22(29)16-8-4-5-10-18(16)25/h4-13H,1-3H3,(H,27,29)(H2,26,28,30,33). The van der Waals surface area contributed by atoms with Gasteiger partial charge in [-0.25, -0.2) is 0 Å². The molecule has 0 unspecified atom stereocenters. The summed E-state index contributed by atoms with van der Waals surface area (Å²) < 4.78 is 10.7. The number of rotatable bonds is 6. The Morgan fingerprint density at radius 3 is 2.30 bits per heavy atom. The van der Waals surface area contributed by atoms with Crippen LogP contribution >= 0.6 is 23.8 Å². The number of amides is 2. The molecule has 0 spiro atoms. The highest BCUT2D eigenvalue weighted by molar-refractivity contribution is 7.80. The van der Waals surface area contributed by atoms with Gasteiger partial charge in [-0.05, 0) is 55.0 Å². The molecule has 0 atom stereocenters. The van der Waals surface area contributed by atoms with Gasteiger partial charge in [0.15, 0.2) is 5.11 Å². The van der Waals surface area contributed by atoms with E-state index >= 15 is 0 Å². The molecule has 0 aliphatic carbocycles. The molecule has 0 heterocycles. The van der Waals surface area contributed by atoms with Crippen molar-refractivity contribution in [2.24, 2.45) is 0 Å². The van der Waals surface area contributed by atoms with Crippen molar-refractivity contribution < 1.29 is 19.1 Å². The first kappa shape index (κ1) is 24.0. The summed E-state index contributed by atoms with van der Waals surface area (Å²) in [5, 5.41) is 8.79. The number of nitrogens with one attached hydrogen (secondary N) is 3. The van der Waals surface area contributed by atoms with Gasteiger partial charge in [-0.15, -0.1) is 0 Å². The Labute approximate surface area is 202 Å². The zero-order valence-electron chi connectivity index (χ0n) is 18.2. The molecular formula is C24H22ClN3O4S. The van der Waals surface area contributed by atoms with Gasteiger partial charge >= 0.3 is 0 Å². The third kappa shape index (κ3) is 5.79. The van der Waals surface area contributed by atoms with E-state index in [4.69, 9.17) is 33.3 Å². The lowest BCUT2D eigenvalue weighted by Crippen LogP contribution is -2.34. The van der Waals surface area contributed by atoms with Gasteiger partial charge in [0, 0.05) is 11.8 Å². The monoisotopic (exact) mass is 483 g/mol. The molecular weight excluding hydrogens is 462 g/mol. The first-order valence-electron chi connectivity index (χ1n) is 9.84. The fourth-order valence-corrected chi connectivity index (χ4v) is 3.57. The Hall–Kier alpha value is -3.62. The Bertz CT molecular complexity index is 1220. The van der Waals surface area contributed by atoms with Crippen LogP contribution in [0, 0.1) is 6.92 Å². The predicted molar refractivity (Wildman–Crippen MR) is 134 cm³/mol. The van der Waals surface area contributed by atoms with Gasteiger partial charge in [-0.3, -0.25) is 14.9 Å². The Morgan fingerprint density at radius 2 is 1.61 bits per heavy atom. The summed E-state index contributed by atoms with van der Waals surface area (Å²) in [5.41, 5.74) is 2.57. The zero-order valence-corrected chi connectivity index (χ0v) is 19.8. The Kier molecular flexibility index (Phi) is 7.87. The van der Waals surface area contributed by atoms with Crippen molar-refractivity contribution in [3.63, 3.8) is 0 Å². The quantitative estimate of drug-likeness (QED) is 0.425. The smallest absolute Gasteiger partial charge is 0.261 e. The van der Waals surface area contributed by atoms with Crippen molar-refractivity contribution in [3.8, 4) is 11.5 Å². The van der Waals surface area contributed by atoms with E-state index in [1.165, 1.54) is 14.2 Å². The average molecular weight is 484 g/mol. The molecule has 0 saturated carbocycles. The van der Waals surface area contributed by atoms with Crippen LogP contribution in [0.1, 0.15) is 26.3 Å². The number of ether oxygens (including phenoxy) is 2. The lowest BCUT2D eigenvalue weighted by atomic mass is 10.1. The van der Waals surface area contributed by atoms with Crippen molar-refractivity contribution in [1.29, 1.82) is 0 Å². The number of aryl methyl sites for hydroxylation is 1. The molecule has 3 aromatic rings. The van der Waals surface area contributed by atoms with Crippen LogP contribution in [0.15, 0.2) is 60.7 Å². The fourth-order valence-electron chi connectivity index (χ4n) is 3.14. The minimum absolute atomic E-state index is 0.0958. The highest BCUT2D eigenvalue weighted by Crippen LogP contribution is 2.29. The van der Waals surface area contributed by atoms with Gasteiger partial charge in [0.05, 0.1) is 36.1 Å². The first-order valence-corrected chi connectivity index (χ1v) is 10.6. The Morgan fingerprint density at radius 1 is 0.879 bits per heavy atom. The van der Waals surface area contributed by atoms with Crippen molar-refractivity contribution in [3.05, 3.63) is 82.4 Å². The summed E-state index contributed by atoms with van der Waals surface area (Å²) >= 11 is 11.4. The number of carbonyl (C=O) groups is 2. The molecule has 0 fully saturated rings.